The van der Waals surface area contributed by atoms with Gasteiger partial charge in [0.2, 0.25) is 0 Å². The number of nitrogens with zero attached hydrogens (tertiary/aromatic N) is 4. The van der Waals surface area contributed by atoms with Crippen molar-refractivity contribution in [2.24, 2.45) is 11.0 Å². The molecule has 4 atom stereocenters. The quantitative estimate of drug-likeness (QED) is 0.296. The predicted molar refractivity (Wildman–Crippen MR) is 122 cm³/mol. The van der Waals surface area contributed by atoms with Crippen LogP contribution in [0.5, 0.6) is 0 Å². The fourth-order valence-electron chi connectivity index (χ4n) is 4.54. The van der Waals surface area contributed by atoms with Gasteiger partial charge in [-0.25, -0.2) is 4.79 Å². The van der Waals surface area contributed by atoms with Crippen molar-refractivity contribution in [2.45, 2.75) is 70.1 Å². The van der Waals surface area contributed by atoms with Crippen molar-refractivity contribution >= 4 is 6.09 Å². The fraction of sp³-hybridized carbons (Fsp3) is 0.480. The first-order valence-electron chi connectivity index (χ1n) is 11.4. The van der Waals surface area contributed by atoms with Crippen LogP contribution < -0.4 is 0 Å². The third-order valence-electron chi connectivity index (χ3n) is 6.36. The fourth-order valence-corrected chi connectivity index (χ4v) is 4.54. The van der Waals surface area contributed by atoms with E-state index in [9.17, 15) is 4.79 Å². The number of ether oxygens (including phenoxy) is 2. The Morgan fingerprint density at radius 1 is 1.09 bits per heavy atom. The smallest absolute Gasteiger partial charge is 0.410 e. The van der Waals surface area contributed by atoms with Gasteiger partial charge < -0.3 is 9.47 Å². The predicted octanol–water partition coefficient (Wildman–Crippen LogP) is 5.85. The summed E-state index contributed by atoms with van der Waals surface area (Å²) < 4.78 is 12.1. The first kappa shape index (κ1) is 22.2. The van der Waals surface area contributed by atoms with Crippen LogP contribution in [0.25, 0.3) is 10.4 Å². The minimum atomic E-state index is -0.317. The average molecular weight is 435 g/mol. The van der Waals surface area contributed by atoms with Gasteiger partial charge in [0.15, 0.2) is 0 Å². The number of carbonyl (C=O) groups is 1. The number of carbonyl (C=O) groups excluding carboxylic acids is 1. The zero-order chi connectivity index (χ0) is 22.3. The molecule has 0 spiro atoms. The summed E-state index contributed by atoms with van der Waals surface area (Å²) >= 11 is 0. The minimum Gasteiger partial charge on any atom is -0.445 e. The van der Waals surface area contributed by atoms with Crippen LogP contribution in [0.2, 0.25) is 0 Å². The lowest BCUT2D eigenvalue weighted by atomic mass is 9.92. The van der Waals surface area contributed by atoms with E-state index in [1.54, 1.807) is 0 Å². The molecule has 1 saturated heterocycles. The summed E-state index contributed by atoms with van der Waals surface area (Å²) in [6, 6.07) is 19.5. The summed E-state index contributed by atoms with van der Waals surface area (Å²) in [6.07, 6.45) is 3.08. The largest absolute Gasteiger partial charge is 0.445 e. The summed E-state index contributed by atoms with van der Waals surface area (Å²) in [5.74, 6) is 0.399. The second-order valence-corrected chi connectivity index (χ2v) is 8.71. The number of benzene rings is 2. The van der Waals surface area contributed by atoms with Gasteiger partial charge in [-0.2, -0.15) is 0 Å². The van der Waals surface area contributed by atoms with Crippen LogP contribution >= 0.6 is 0 Å². The molecule has 2 aromatic carbocycles. The lowest BCUT2D eigenvalue weighted by Gasteiger charge is -2.41. The molecule has 1 aliphatic carbocycles. The number of azide groups is 1. The van der Waals surface area contributed by atoms with E-state index in [2.05, 4.69) is 10.0 Å². The molecule has 0 aromatic heterocycles. The molecule has 1 heterocycles. The Bertz CT molecular complexity index is 929. The van der Waals surface area contributed by atoms with Gasteiger partial charge >= 0.3 is 6.09 Å². The minimum absolute atomic E-state index is 0.0621. The van der Waals surface area contributed by atoms with Crippen molar-refractivity contribution in [1.82, 2.24) is 4.90 Å². The maximum absolute atomic E-state index is 13.4. The van der Waals surface area contributed by atoms with Gasteiger partial charge in [0.25, 0.3) is 0 Å². The van der Waals surface area contributed by atoms with Crippen molar-refractivity contribution in [3.63, 3.8) is 0 Å². The molecule has 2 fully saturated rings. The Hall–Kier alpha value is -3.02. The Balaban J connectivity index is 1.53. The number of hydrogen-bond donors (Lipinski definition) is 0. The van der Waals surface area contributed by atoms with Crippen molar-refractivity contribution in [2.75, 3.05) is 0 Å². The molecule has 0 bridgehead atoms. The molecule has 1 aliphatic heterocycles. The van der Waals surface area contributed by atoms with Gasteiger partial charge in [0.1, 0.15) is 6.61 Å². The monoisotopic (exact) mass is 434 g/mol. The van der Waals surface area contributed by atoms with E-state index in [1.165, 1.54) is 0 Å². The Kier molecular flexibility index (Phi) is 7.30. The third-order valence-corrected chi connectivity index (χ3v) is 6.36. The molecule has 1 amide bonds. The summed E-state index contributed by atoms with van der Waals surface area (Å²) in [4.78, 5) is 18.2. The molecular formula is C25H30N4O3. The van der Waals surface area contributed by atoms with Crippen LogP contribution in [0.3, 0.4) is 0 Å². The van der Waals surface area contributed by atoms with E-state index < -0.39 is 0 Å². The number of rotatable bonds is 8. The highest BCUT2D eigenvalue weighted by molar-refractivity contribution is 5.68. The van der Waals surface area contributed by atoms with E-state index in [-0.39, 0.29) is 37.0 Å². The van der Waals surface area contributed by atoms with Crippen LogP contribution in [-0.4, -0.2) is 35.3 Å². The van der Waals surface area contributed by atoms with Crippen molar-refractivity contribution in [3.05, 3.63) is 82.2 Å². The molecule has 2 aromatic rings. The van der Waals surface area contributed by atoms with Gasteiger partial charge in [0, 0.05) is 11.5 Å². The van der Waals surface area contributed by atoms with E-state index in [1.807, 2.05) is 72.5 Å². The van der Waals surface area contributed by atoms with Gasteiger partial charge in [-0.15, -0.1) is 0 Å². The summed E-state index contributed by atoms with van der Waals surface area (Å²) in [6.45, 7) is 2.66. The molecule has 7 nitrogen and oxygen atoms in total. The number of hydrogen-bond acceptors (Lipinski definition) is 4. The van der Waals surface area contributed by atoms with Crippen LogP contribution in [0.15, 0.2) is 65.8 Å². The van der Waals surface area contributed by atoms with Gasteiger partial charge in [-0.3, -0.25) is 4.90 Å². The normalized spacial score (nSPS) is 23.6. The highest BCUT2D eigenvalue weighted by Crippen LogP contribution is 2.41. The Morgan fingerprint density at radius 3 is 2.34 bits per heavy atom. The molecule has 1 saturated carbocycles. The SMILES string of the molecule is CC1O[C@H]([C@H](C2CC2)N(Cc2ccccc2)C(=O)OCc2ccccc2)CCC1N=[N+]=[N-]. The van der Waals surface area contributed by atoms with Gasteiger partial charge in [-0.05, 0) is 55.2 Å². The molecular weight excluding hydrogens is 404 g/mol. The second-order valence-electron chi connectivity index (χ2n) is 8.71. The zero-order valence-electron chi connectivity index (χ0n) is 18.4. The van der Waals surface area contributed by atoms with Crippen LogP contribution in [0.1, 0.15) is 43.7 Å². The first-order chi connectivity index (χ1) is 15.7. The van der Waals surface area contributed by atoms with Crippen molar-refractivity contribution < 1.29 is 14.3 Å². The Labute approximate surface area is 189 Å². The van der Waals surface area contributed by atoms with Crippen molar-refractivity contribution in [3.8, 4) is 0 Å². The lowest BCUT2D eigenvalue weighted by Crippen LogP contribution is -2.52. The first-order valence-corrected chi connectivity index (χ1v) is 11.4. The molecule has 32 heavy (non-hydrogen) atoms. The topological polar surface area (TPSA) is 87.5 Å². The molecule has 0 N–H and O–H groups in total. The van der Waals surface area contributed by atoms with Crippen LogP contribution in [0.4, 0.5) is 4.79 Å². The average Bonchev–Trinajstić information content (AvgIpc) is 3.65. The van der Waals surface area contributed by atoms with E-state index in [0.717, 1.165) is 36.8 Å². The molecule has 168 valence electrons. The molecule has 7 heteroatoms. The third kappa shape index (κ3) is 5.61. The molecule has 0 radical (unpaired) electrons. The van der Waals surface area contributed by atoms with Crippen LogP contribution in [0, 0.1) is 5.92 Å². The molecule has 2 aliphatic rings. The summed E-state index contributed by atoms with van der Waals surface area (Å²) in [5.41, 5.74) is 10.8. The molecule has 4 rings (SSSR count). The maximum Gasteiger partial charge on any atom is 0.410 e. The van der Waals surface area contributed by atoms with Crippen molar-refractivity contribution in [1.29, 1.82) is 0 Å². The highest BCUT2D eigenvalue weighted by Gasteiger charge is 2.45. The standard InChI is InChI=1S/C25H30N4O3/c1-18-22(27-28-26)14-15-23(32-18)24(21-12-13-21)29(16-19-8-4-2-5-9-19)25(30)31-17-20-10-6-3-7-11-20/h2-11,18,21-24H,12-17H2,1H3/t18?,22?,23-,24-/m0/s1. The zero-order valence-corrected chi connectivity index (χ0v) is 18.4. The number of amides is 1. The maximum atomic E-state index is 13.4. The van der Waals surface area contributed by atoms with E-state index >= 15 is 0 Å². The second kappa shape index (κ2) is 10.5. The summed E-state index contributed by atoms with van der Waals surface area (Å²) in [5, 5.41) is 3.88. The van der Waals surface area contributed by atoms with Gasteiger partial charge in [0.05, 0.1) is 24.3 Å². The highest BCUT2D eigenvalue weighted by atomic mass is 16.6. The van der Waals surface area contributed by atoms with E-state index in [4.69, 9.17) is 15.0 Å². The Morgan fingerprint density at radius 2 is 1.75 bits per heavy atom. The van der Waals surface area contributed by atoms with Crippen LogP contribution in [-0.2, 0) is 22.6 Å². The lowest BCUT2D eigenvalue weighted by molar-refractivity contribution is -0.0938. The van der Waals surface area contributed by atoms with E-state index in [0.29, 0.717) is 12.5 Å². The van der Waals surface area contributed by atoms with Gasteiger partial charge in [-0.1, -0.05) is 65.8 Å². The summed E-state index contributed by atoms with van der Waals surface area (Å²) in [7, 11) is 0. The molecule has 2 unspecified atom stereocenters.